The lowest BCUT2D eigenvalue weighted by atomic mass is 10.1. The lowest BCUT2D eigenvalue weighted by Crippen LogP contribution is -2.13. The monoisotopic (exact) mass is 303 g/mol. The normalized spacial score (nSPS) is 10.7. The van der Waals surface area contributed by atoms with Crippen LogP contribution in [0.3, 0.4) is 0 Å². The van der Waals surface area contributed by atoms with Crippen LogP contribution in [-0.4, -0.2) is 20.5 Å². The standard InChI is InChI=1S/C14H13N3O3S/c1-10-7-13(5-3-11(10)8-15)21(18,19)17-12-4-6-14(20-2)16-9-12/h3-7,9,17H,1-2H3. The van der Waals surface area contributed by atoms with Gasteiger partial charge >= 0.3 is 0 Å². The summed E-state index contributed by atoms with van der Waals surface area (Å²) in [5, 5.41) is 8.86. The molecule has 0 atom stereocenters. The van der Waals surface area contributed by atoms with Crippen molar-refractivity contribution in [2.24, 2.45) is 0 Å². The fourth-order valence-electron chi connectivity index (χ4n) is 1.70. The molecule has 0 radical (unpaired) electrons. The molecule has 6 nitrogen and oxygen atoms in total. The Hall–Kier alpha value is -2.59. The largest absolute Gasteiger partial charge is 0.481 e. The number of nitrogens with zero attached hydrogens (tertiary/aromatic N) is 2. The highest BCUT2D eigenvalue weighted by atomic mass is 32.2. The Morgan fingerprint density at radius 3 is 2.57 bits per heavy atom. The third kappa shape index (κ3) is 3.30. The molecule has 0 bridgehead atoms. The van der Waals surface area contributed by atoms with E-state index in [2.05, 4.69) is 9.71 Å². The topological polar surface area (TPSA) is 92.1 Å². The summed E-state index contributed by atoms with van der Waals surface area (Å²) in [7, 11) is -2.24. The van der Waals surface area contributed by atoms with Crippen molar-refractivity contribution in [1.29, 1.82) is 5.26 Å². The molecule has 2 rings (SSSR count). The van der Waals surface area contributed by atoms with Gasteiger partial charge in [0.2, 0.25) is 5.88 Å². The van der Waals surface area contributed by atoms with Crippen LogP contribution in [0.1, 0.15) is 11.1 Å². The maximum Gasteiger partial charge on any atom is 0.261 e. The van der Waals surface area contributed by atoms with Crippen LogP contribution in [0.4, 0.5) is 5.69 Å². The summed E-state index contributed by atoms with van der Waals surface area (Å²) < 4.78 is 31.8. The Kier molecular flexibility index (Phi) is 4.10. The minimum atomic E-state index is -3.72. The highest BCUT2D eigenvalue weighted by molar-refractivity contribution is 7.92. The first-order valence-corrected chi connectivity index (χ1v) is 7.48. The van der Waals surface area contributed by atoms with Crippen molar-refractivity contribution in [3.8, 4) is 11.9 Å². The van der Waals surface area contributed by atoms with Crippen LogP contribution in [0.15, 0.2) is 41.4 Å². The predicted molar refractivity (Wildman–Crippen MR) is 77.5 cm³/mol. The molecular weight excluding hydrogens is 290 g/mol. The molecule has 2 aromatic rings. The maximum atomic E-state index is 12.3. The van der Waals surface area contributed by atoms with Gasteiger partial charge in [-0.1, -0.05) is 0 Å². The highest BCUT2D eigenvalue weighted by Gasteiger charge is 2.15. The van der Waals surface area contributed by atoms with Crippen LogP contribution in [0, 0.1) is 18.3 Å². The number of anilines is 1. The number of hydrogen-bond acceptors (Lipinski definition) is 5. The number of pyridine rings is 1. The van der Waals surface area contributed by atoms with Crippen LogP contribution >= 0.6 is 0 Å². The summed E-state index contributed by atoms with van der Waals surface area (Å²) in [4.78, 5) is 4.02. The fourth-order valence-corrected chi connectivity index (χ4v) is 2.83. The number of aryl methyl sites for hydroxylation is 1. The van der Waals surface area contributed by atoms with E-state index in [9.17, 15) is 8.42 Å². The van der Waals surface area contributed by atoms with Gasteiger partial charge in [-0.2, -0.15) is 5.26 Å². The van der Waals surface area contributed by atoms with E-state index >= 15 is 0 Å². The molecule has 108 valence electrons. The van der Waals surface area contributed by atoms with Gasteiger partial charge in [0, 0.05) is 6.07 Å². The summed E-state index contributed by atoms with van der Waals surface area (Å²) >= 11 is 0. The predicted octanol–water partition coefficient (Wildman–Crippen LogP) is 2.07. The molecule has 0 saturated carbocycles. The molecular formula is C14H13N3O3S. The number of nitriles is 1. The van der Waals surface area contributed by atoms with Crippen molar-refractivity contribution < 1.29 is 13.2 Å². The molecule has 0 fully saturated rings. The van der Waals surface area contributed by atoms with Gasteiger partial charge in [0.1, 0.15) is 0 Å². The Labute approximate surface area is 123 Å². The summed E-state index contributed by atoms with van der Waals surface area (Å²) in [6.07, 6.45) is 1.37. The summed E-state index contributed by atoms with van der Waals surface area (Å²) in [6.45, 7) is 1.69. The zero-order chi connectivity index (χ0) is 15.5. The molecule has 0 aliphatic carbocycles. The first kappa shape index (κ1) is 14.8. The molecule has 21 heavy (non-hydrogen) atoms. The van der Waals surface area contributed by atoms with E-state index in [0.29, 0.717) is 22.7 Å². The molecule has 1 heterocycles. The molecule has 0 spiro atoms. The van der Waals surface area contributed by atoms with E-state index in [1.807, 2.05) is 6.07 Å². The molecule has 7 heteroatoms. The van der Waals surface area contributed by atoms with Gasteiger partial charge in [0.05, 0.1) is 35.5 Å². The molecule has 1 aromatic heterocycles. The first-order valence-electron chi connectivity index (χ1n) is 6.00. The third-order valence-corrected chi connectivity index (χ3v) is 4.21. The Morgan fingerprint density at radius 2 is 2.05 bits per heavy atom. The van der Waals surface area contributed by atoms with E-state index in [1.165, 1.54) is 31.5 Å². The Morgan fingerprint density at radius 1 is 1.29 bits per heavy atom. The fraction of sp³-hybridized carbons (Fsp3) is 0.143. The molecule has 0 aliphatic heterocycles. The van der Waals surface area contributed by atoms with E-state index in [-0.39, 0.29) is 4.90 Å². The average molecular weight is 303 g/mol. The average Bonchev–Trinajstić information content (AvgIpc) is 2.47. The number of aromatic nitrogens is 1. The Balaban J connectivity index is 2.29. The molecule has 0 amide bonds. The number of hydrogen-bond donors (Lipinski definition) is 1. The van der Waals surface area contributed by atoms with E-state index < -0.39 is 10.0 Å². The summed E-state index contributed by atoms with van der Waals surface area (Å²) in [5.74, 6) is 0.396. The number of benzene rings is 1. The van der Waals surface area contributed by atoms with E-state index in [4.69, 9.17) is 10.00 Å². The van der Waals surface area contributed by atoms with Crippen molar-refractivity contribution in [3.05, 3.63) is 47.7 Å². The number of ether oxygens (including phenoxy) is 1. The van der Waals surface area contributed by atoms with Crippen molar-refractivity contribution in [2.75, 3.05) is 11.8 Å². The second-order valence-electron chi connectivity index (χ2n) is 4.28. The number of rotatable bonds is 4. The zero-order valence-electron chi connectivity index (χ0n) is 11.5. The van der Waals surface area contributed by atoms with Crippen molar-refractivity contribution in [2.45, 2.75) is 11.8 Å². The molecule has 0 saturated heterocycles. The quantitative estimate of drug-likeness (QED) is 0.933. The van der Waals surface area contributed by atoms with Gasteiger partial charge in [-0.3, -0.25) is 4.72 Å². The highest BCUT2D eigenvalue weighted by Crippen LogP contribution is 2.19. The second-order valence-corrected chi connectivity index (χ2v) is 5.97. The SMILES string of the molecule is COc1ccc(NS(=O)(=O)c2ccc(C#N)c(C)c2)cn1. The number of sulfonamides is 1. The molecule has 1 N–H and O–H groups in total. The molecule has 1 aromatic carbocycles. The van der Waals surface area contributed by atoms with Gasteiger partial charge < -0.3 is 4.74 Å². The van der Waals surface area contributed by atoms with Crippen molar-refractivity contribution in [3.63, 3.8) is 0 Å². The number of methoxy groups -OCH3 is 1. The van der Waals surface area contributed by atoms with Crippen molar-refractivity contribution in [1.82, 2.24) is 4.98 Å². The minimum absolute atomic E-state index is 0.0924. The Bertz CT molecular complexity index is 793. The minimum Gasteiger partial charge on any atom is -0.481 e. The summed E-state index contributed by atoms with van der Waals surface area (Å²) in [5.41, 5.74) is 1.38. The third-order valence-electron chi connectivity index (χ3n) is 2.83. The van der Waals surface area contributed by atoms with Crippen molar-refractivity contribution >= 4 is 15.7 Å². The van der Waals surface area contributed by atoms with E-state index in [0.717, 1.165) is 0 Å². The van der Waals surface area contributed by atoms with Crippen LogP contribution in [0.2, 0.25) is 0 Å². The summed E-state index contributed by atoms with van der Waals surface area (Å²) in [6, 6.07) is 9.44. The van der Waals surface area contributed by atoms with Crippen LogP contribution < -0.4 is 9.46 Å². The lowest BCUT2D eigenvalue weighted by Gasteiger charge is -2.09. The van der Waals surface area contributed by atoms with E-state index in [1.54, 1.807) is 19.1 Å². The first-order chi connectivity index (χ1) is 9.96. The van der Waals surface area contributed by atoms with Gasteiger partial charge in [-0.05, 0) is 36.8 Å². The van der Waals surface area contributed by atoms with Crippen LogP contribution in [0.5, 0.6) is 5.88 Å². The zero-order valence-corrected chi connectivity index (χ0v) is 12.3. The molecule has 0 unspecified atom stereocenters. The van der Waals surface area contributed by atoms with Gasteiger partial charge in [-0.25, -0.2) is 13.4 Å². The van der Waals surface area contributed by atoms with Gasteiger partial charge in [-0.15, -0.1) is 0 Å². The number of nitrogens with one attached hydrogen (secondary N) is 1. The van der Waals surface area contributed by atoms with Gasteiger partial charge in [0.15, 0.2) is 0 Å². The van der Waals surface area contributed by atoms with Crippen LogP contribution in [-0.2, 0) is 10.0 Å². The smallest absolute Gasteiger partial charge is 0.261 e. The van der Waals surface area contributed by atoms with Gasteiger partial charge in [0.25, 0.3) is 10.0 Å². The lowest BCUT2D eigenvalue weighted by molar-refractivity contribution is 0.398. The van der Waals surface area contributed by atoms with Crippen LogP contribution in [0.25, 0.3) is 0 Å². The second kappa shape index (κ2) is 5.81. The molecule has 0 aliphatic rings. The maximum absolute atomic E-state index is 12.3.